The zero-order valence-corrected chi connectivity index (χ0v) is 14.6. The lowest BCUT2D eigenvalue weighted by molar-refractivity contribution is 1.43. The lowest BCUT2D eigenvalue weighted by atomic mass is 9.97. The van der Waals surface area contributed by atoms with E-state index < -0.39 is 0 Å². The van der Waals surface area contributed by atoms with Crippen molar-refractivity contribution < 1.29 is 0 Å². The summed E-state index contributed by atoms with van der Waals surface area (Å²) < 4.78 is 0. The molecule has 3 nitrogen and oxygen atoms in total. The van der Waals surface area contributed by atoms with Crippen LogP contribution in [-0.4, -0.2) is 15.0 Å². The van der Waals surface area contributed by atoms with Crippen molar-refractivity contribution in [1.82, 2.24) is 15.0 Å². The van der Waals surface area contributed by atoms with Gasteiger partial charge in [-0.05, 0) is 18.2 Å². The number of H-pyrrole nitrogens is 3. The van der Waals surface area contributed by atoms with E-state index in [-0.39, 0.29) is 0 Å². The first-order chi connectivity index (χ1) is 13.4. The molecule has 0 aliphatic rings. The van der Waals surface area contributed by atoms with Gasteiger partial charge < -0.3 is 15.0 Å². The molecule has 0 bridgehead atoms. The number of hydrogen-bond acceptors (Lipinski definition) is 0. The fraction of sp³-hybridized carbons (Fsp3) is 0. The molecule has 0 saturated carbocycles. The molecule has 3 heteroatoms. The maximum absolute atomic E-state index is 3.68. The maximum atomic E-state index is 3.68. The summed E-state index contributed by atoms with van der Waals surface area (Å²) in [6, 6.07) is 25.4. The van der Waals surface area contributed by atoms with Crippen LogP contribution in [0.15, 0.2) is 85.2 Å². The average molecular weight is 347 g/mol. The van der Waals surface area contributed by atoms with Crippen LogP contribution in [0.5, 0.6) is 0 Å². The average Bonchev–Trinajstić information content (AvgIpc) is 3.42. The molecule has 6 aromatic rings. The van der Waals surface area contributed by atoms with Gasteiger partial charge in [-0.15, -0.1) is 0 Å². The van der Waals surface area contributed by atoms with Gasteiger partial charge in [0.2, 0.25) is 0 Å². The third-order valence-corrected chi connectivity index (χ3v) is 5.42. The number of hydrogen-bond donors (Lipinski definition) is 3. The smallest absolute Gasteiger partial charge is 0.0566 e. The fourth-order valence-electron chi connectivity index (χ4n) is 4.18. The van der Waals surface area contributed by atoms with Gasteiger partial charge in [0.1, 0.15) is 0 Å². The van der Waals surface area contributed by atoms with Gasteiger partial charge in [-0.2, -0.15) is 0 Å². The molecule has 27 heavy (non-hydrogen) atoms. The molecule has 3 aromatic heterocycles. The molecular formula is C24H17N3. The number of rotatable bonds is 2. The van der Waals surface area contributed by atoms with Crippen molar-refractivity contribution in [2.24, 2.45) is 0 Å². The largest absolute Gasteiger partial charge is 0.361 e. The van der Waals surface area contributed by atoms with E-state index >= 15 is 0 Å². The quantitative estimate of drug-likeness (QED) is 0.322. The monoisotopic (exact) mass is 347 g/mol. The molecule has 0 spiro atoms. The minimum atomic E-state index is 1.15. The van der Waals surface area contributed by atoms with E-state index in [0.29, 0.717) is 0 Å². The highest BCUT2D eigenvalue weighted by molar-refractivity contribution is 6.12. The van der Waals surface area contributed by atoms with Crippen molar-refractivity contribution in [2.45, 2.75) is 0 Å². The van der Waals surface area contributed by atoms with Crippen LogP contribution in [0.3, 0.4) is 0 Å². The molecular weight excluding hydrogens is 330 g/mol. The number of fused-ring (bicyclic) bond motifs is 3. The standard InChI is InChI=1S/C24H17N3/c1-4-10-20-15(7-1)18(13-25-20)23-17-9-3-6-12-22(17)27-24(23)19-14-26-21-11-5-2-8-16(19)21/h1-14,25-27H. The van der Waals surface area contributed by atoms with Crippen molar-refractivity contribution in [1.29, 1.82) is 0 Å². The molecule has 6 rings (SSSR count). The van der Waals surface area contributed by atoms with Gasteiger partial charge in [0.25, 0.3) is 0 Å². The number of aromatic nitrogens is 3. The Morgan fingerprint density at radius 2 is 1.00 bits per heavy atom. The van der Waals surface area contributed by atoms with Crippen LogP contribution < -0.4 is 0 Å². The first-order valence-electron chi connectivity index (χ1n) is 9.14. The number of aromatic amines is 3. The highest BCUT2D eigenvalue weighted by Crippen LogP contribution is 2.42. The van der Waals surface area contributed by atoms with E-state index in [9.17, 15) is 0 Å². The topological polar surface area (TPSA) is 47.4 Å². The lowest BCUT2D eigenvalue weighted by Gasteiger charge is -2.04. The summed E-state index contributed by atoms with van der Waals surface area (Å²) in [6.45, 7) is 0. The Hall–Kier alpha value is -3.72. The molecule has 3 N–H and O–H groups in total. The van der Waals surface area contributed by atoms with Gasteiger partial charge in [-0.3, -0.25) is 0 Å². The molecule has 3 aromatic carbocycles. The van der Waals surface area contributed by atoms with E-state index in [4.69, 9.17) is 0 Å². The number of para-hydroxylation sites is 3. The highest BCUT2D eigenvalue weighted by Gasteiger charge is 2.19. The van der Waals surface area contributed by atoms with Crippen LogP contribution in [0, 0.1) is 0 Å². The van der Waals surface area contributed by atoms with E-state index in [1.54, 1.807) is 0 Å². The Morgan fingerprint density at radius 3 is 1.70 bits per heavy atom. The van der Waals surface area contributed by atoms with Gasteiger partial charge in [-0.1, -0.05) is 54.6 Å². The Kier molecular flexibility index (Phi) is 2.88. The predicted octanol–water partition coefficient (Wildman–Crippen LogP) is 6.46. The van der Waals surface area contributed by atoms with Crippen LogP contribution in [0.25, 0.3) is 55.1 Å². The van der Waals surface area contributed by atoms with Crippen molar-refractivity contribution >= 4 is 32.7 Å². The van der Waals surface area contributed by atoms with Gasteiger partial charge in [0.15, 0.2) is 0 Å². The second-order valence-corrected chi connectivity index (χ2v) is 6.92. The first kappa shape index (κ1) is 14.4. The fourth-order valence-corrected chi connectivity index (χ4v) is 4.18. The van der Waals surface area contributed by atoms with Crippen LogP contribution in [0.1, 0.15) is 0 Å². The molecule has 3 heterocycles. The van der Waals surface area contributed by atoms with Crippen molar-refractivity contribution in [3.8, 4) is 22.4 Å². The van der Waals surface area contributed by atoms with E-state index in [1.807, 2.05) is 0 Å². The molecule has 128 valence electrons. The van der Waals surface area contributed by atoms with Gasteiger partial charge in [-0.25, -0.2) is 0 Å². The lowest BCUT2D eigenvalue weighted by Crippen LogP contribution is -1.81. The predicted molar refractivity (Wildman–Crippen MR) is 113 cm³/mol. The van der Waals surface area contributed by atoms with Crippen molar-refractivity contribution in [2.75, 3.05) is 0 Å². The minimum Gasteiger partial charge on any atom is -0.361 e. The molecule has 0 fully saturated rings. The Morgan fingerprint density at radius 1 is 0.481 bits per heavy atom. The zero-order valence-electron chi connectivity index (χ0n) is 14.6. The normalized spacial score (nSPS) is 11.7. The third-order valence-electron chi connectivity index (χ3n) is 5.42. The van der Waals surface area contributed by atoms with Gasteiger partial charge in [0.05, 0.1) is 5.69 Å². The second-order valence-electron chi connectivity index (χ2n) is 6.92. The van der Waals surface area contributed by atoms with Crippen molar-refractivity contribution in [3.63, 3.8) is 0 Å². The SMILES string of the molecule is c1ccc2c(-c3[nH]c4ccccc4c3-c3c[nH]c4ccccc34)c[nH]c2c1. The summed E-state index contributed by atoms with van der Waals surface area (Å²) in [5.74, 6) is 0. The summed E-state index contributed by atoms with van der Waals surface area (Å²) in [5.41, 5.74) is 8.27. The second kappa shape index (κ2) is 5.39. The van der Waals surface area contributed by atoms with Gasteiger partial charge in [0, 0.05) is 61.8 Å². The summed E-state index contributed by atoms with van der Waals surface area (Å²) >= 11 is 0. The molecule has 0 atom stereocenters. The van der Waals surface area contributed by atoms with E-state index in [0.717, 1.165) is 22.2 Å². The highest BCUT2D eigenvalue weighted by atomic mass is 14.8. The van der Waals surface area contributed by atoms with E-state index in [1.165, 1.54) is 32.8 Å². The molecule has 0 radical (unpaired) electrons. The van der Waals surface area contributed by atoms with Crippen molar-refractivity contribution in [3.05, 3.63) is 85.2 Å². The first-order valence-corrected chi connectivity index (χ1v) is 9.14. The molecule has 0 unspecified atom stereocenters. The van der Waals surface area contributed by atoms with Gasteiger partial charge >= 0.3 is 0 Å². The molecule has 0 amide bonds. The van der Waals surface area contributed by atoms with Crippen LogP contribution in [-0.2, 0) is 0 Å². The summed E-state index contributed by atoms with van der Waals surface area (Å²) in [4.78, 5) is 10.5. The minimum absolute atomic E-state index is 1.15. The van der Waals surface area contributed by atoms with E-state index in [2.05, 4.69) is 100 Å². The summed E-state index contributed by atoms with van der Waals surface area (Å²) in [5, 5.41) is 3.70. The number of nitrogens with one attached hydrogen (secondary N) is 3. The zero-order chi connectivity index (χ0) is 17.8. The summed E-state index contributed by atoms with van der Waals surface area (Å²) in [6.07, 6.45) is 4.23. The Bertz CT molecular complexity index is 1430. The van der Waals surface area contributed by atoms with Crippen LogP contribution in [0.4, 0.5) is 0 Å². The molecule has 0 aliphatic carbocycles. The Balaban J connectivity index is 1.75. The maximum Gasteiger partial charge on any atom is 0.0566 e. The van der Waals surface area contributed by atoms with Crippen LogP contribution in [0.2, 0.25) is 0 Å². The van der Waals surface area contributed by atoms with Crippen LogP contribution >= 0.6 is 0 Å². The molecule has 0 aliphatic heterocycles. The number of benzene rings is 3. The summed E-state index contributed by atoms with van der Waals surface area (Å²) in [7, 11) is 0. The third kappa shape index (κ3) is 2.02. The Labute approximate surface area is 155 Å². The molecule has 0 saturated heterocycles.